The van der Waals surface area contributed by atoms with Gasteiger partial charge in [0.05, 0.1) is 0 Å². The van der Waals surface area contributed by atoms with Gasteiger partial charge in [0.1, 0.15) is 0 Å². The molecule has 0 aromatic rings. The van der Waals surface area contributed by atoms with Crippen molar-refractivity contribution in [3.63, 3.8) is 0 Å². The molecule has 0 unspecified atom stereocenters. The van der Waals surface area contributed by atoms with E-state index in [1.54, 1.807) is 0 Å². The molecule has 0 aromatic heterocycles. The van der Waals surface area contributed by atoms with Crippen LogP contribution in [-0.2, 0) is 4.79 Å². The monoisotopic (exact) mass is 169 g/mol. The van der Waals surface area contributed by atoms with E-state index >= 15 is 0 Å². The fourth-order valence-electron chi connectivity index (χ4n) is 1.28. The molecule has 1 fully saturated rings. The first-order chi connectivity index (χ1) is 5.72. The molecule has 0 radical (unpaired) electrons. The van der Waals surface area contributed by atoms with Gasteiger partial charge in [-0.3, -0.25) is 4.79 Å². The van der Waals surface area contributed by atoms with Crippen LogP contribution < -0.4 is 5.32 Å². The largest absolute Gasteiger partial charge is 0.396 e. The SMILES string of the molecule is C=CC(=O)NCC1(CCO)CC1. The maximum absolute atomic E-state index is 10.8. The van der Waals surface area contributed by atoms with E-state index in [0.717, 1.165) is 19.3 Å². The van der Waals surface area contributed by atoms with Gasteiger partial charge in [0.25, 0.3) is 0 Å². The second kappa shape index (κ2) is 3.72. The van der Waals surface area contributed by atoms with E-state index in [0.29, 0.717) is 6.54 Å². The third-order valence-electron chi connectivity index (χ3n) is 2.42. The molecule has 0 aromatic carbocycles. The lowest BCUT2D eigenvalue weighted by Gasteiger charge is -2.12. The Morgan fingerprint density at radius 3 is 2.75 bits per heavy atom. The highest BCUT2D eigenvalue weighted by Gasteiger charge is 2.41. The van der Waals surface area contributed by atoms with Gasteiger partial charge in [0.15, 0.2) is 0 Å². The number of nitrogens with one attached hydrogen (secondary N) is 1. The summed E-state index contributed by atoms with van der Waals surface area (Å²) in [7, 11) is 0. The van der Waals surface area contributed by atoms with Crippen molar-refractivity contribution in [2.24, 2.45) is 5.41 Å². The van der Waals surface area contributed by atoms with Gasteiger partial charge in [-0.25, -0.2) is 0 Å². The highest BCUT2D eigenvalue weighted by atomic mass is 16.3. The van der Waals surface area contributed by atoms with Crippen LogP contribution in [0.4, 0.5) is 0 Å². The number of aliphatic hydroxyl groups excluding tert-OH is 1. The lowest BCUT2D eigenvalue weighted by atomic mass is 10.0. The van der Waals surface area contributed by atoms with E-state index in [1.807, 2.05) is 0 Å². The summed E-state index contributed by atoms with van der Waals surface area (Å²) in [5, 5.41) is 11.5. The van der Waals surface area contributed by atoms with Crippen molar-refractivity contribution >= 4 is 5.91 Å². The molecule has 1 aliphatic rings. The van der Waals surface area contributed by atoms with Crippen LogP contribution in [0, 0.1) is 5.41 Å². The Bertz CT molecular complexity index is 185. The van der Waals surface area contributed by atoms with Gasteiger partial charge >= 0.3 is 0 Å². The Labute approximate surface area is 72.5 Å². The van der Waals surface area contributed by atoms with Crippen LogP contribution in [0.3, 0.4) is 0 Å². The van der Waals surface area contributed by atoms with Crippen LogP contribution in [-0.4, -0.2) is 24.2 Å². The third-order valence-corrected chi connectivity index (χ3v) is 2.42. The molecule has 1 amide bonds. The Kier molecular flexibility index (Phi) is 2.87. The summed E-state index contributed by atoms with van der Waals surface area (Å²) in [5.74, 6) is -0.126. The van der Waals surface area contributed by atoms with Gasteiger partial charge < -0.3 is 10.4 Å². The second-order valence-corrected chi connectivity index (χ2v) is 3.40. The van der Waals surface area contributed by atoms with Crippen LogP contribution in [0.5, 0.6) is 0 Å². The summed E-state index contributed by atoms with van der Waals surface area (Å²) in [6, 6.07) is 0. The minimum Gasteiger partial charge on any atom is -0.396 e. The Morgan fingerprint density at radius 2 is 2.33 bits per heavy atom. The number of carbonyl (C=O) groups excluding carboxylic acids is 1. The van der Waals surface area contributed by atoms with Gasteiger partial charge in [-0.1, -0.05) is 6.58 Å². The summed E-state index contributed by atoms with van der Waals surface area (Å²) in [6.07, 6.45) is 4.30. The number of hydrogen-bond donors (Lipinski definition) is 2. The fraction of sp³-hybridized carbons (Fsp3) is 0.667. The lowest BCUT2D eigenvalue weighted by molar-refractivity contribution is -0.116. The van der Waals surface area contributed by atoms with Crippen LogP contribution in [0.1, 0.15) is 19.3 Å². The number of hydrogen-bond acceptors (Lipinski definition) is 2. The normalized spacial score (nSPS) is 18.4. The van der Waals surface area contributed by atoms with Gasteiger partial charge in [0.2, 0.25) is 5.91 Å². The van der Waals surface area contributed by atoms with E-state index in [-0.39, 0.29) is 17.9 Å². The maximum Gasteiger partial charge on any atom is 0.243 e. The first-order valence-corrected chi connectivity index (χ1v) is 4.24. The summed E-state index contributed by atoms with van der Waals surface area (Å²) >= 11 is 0. The van der Waals surface area contributed by atoms with Crippen molar-refractivity contribution < 1.29 is 9.90 Å². The molecule has 1 saturated carbocycles. The fourth-order valence-corrected chi connectivity index (χ4v) is 1.28. The minimum absolute atomic E-state index is 0.126. The van der Waals surface area contributed by atoms with Crippen LogP contribution in [0.2, 0.25) is 0 Å². The smallest absolute Gasteiger partial charge is 0.243 e. The molecular weight excluding hydrogens is 154 g/mol. The molecule has 0 aliphatic heterocycles. The molecule has 0 spiro atoms. The topological polar surface area (TPSA) is 49.3 Å². The van der Waals surface area contributed by atoms with Crippen molar-refractivity contribution in [3.05, 3.63) is 12.7 Å². The molecule has 1 rings (SSSR count). The molecule has 0 heterocycles. The average molecular weight is 169 g/mol. The molecule has 0 bridgehead atoms. The lowest BCUT2D eigenvalue weighted by Crippen LogP contribution is -2.29. The Balaban J connectivity index is 2.22. The predicted molar refractivity (Wildman–Crippen MR) is 46.6 cm³/mol. The summed E-state index contributed by atoms with van der Waals surface area (Å²) in [6.45, 7) is 4.26. The quantitative estimate of drug-likeness (QED) is 0.587. The van der Waals surface area contributed by atoms with Crippen molar-refractivity contribution in [2.45, 2.75) is 19.3 Å². The molecule has 68 valence electrons. The van der Waals surface area contributed by atoms with Crippen molar-refractivity contribution in [1.82, 2.24) is 5.32 Å². The number of rotatable bonds is 5. The van der Waals surface area contributed by atoms with Gasteiger partial charge in [-0.05, 0) is 30.8 Å². The van der Waals surface area contributed by atoms with Crippen molar-refractivity contribution in [1.29, 1.82) is 0 Å². The number of aliphatic hydroxyl groups is 1. The third kappa shape index (κ3) is 2.34. The first kappa shape index (κ1) is 9.26. The molecule has 3 heteroatoms. The molecule has 0 saturated heterocycles. The summed E-state index contributed by atoms with van der Waals surface area (Å²) in [4.78, 5) is 10.8. The van der Waals surface area contributed by atoms with Gasteiger partial charge in [-0.2, -0.15) is 0 Å². The molecule has 0 atom stereocenters. The average Bonchev–Trinajstić information content (AvgIpc) is 2.82. The van der Waals surface area contributed by atoms with E-state index in [4.69, 9.17) is 5.11 Å². The van der Waals surface area contributed by atoms with E-state index in [9.17, 15) is 4.79 Å². The zero-order chi connectivity index (χ0) is 9.03. The Morgan fingerprint density at radius 1 is 1.67 bits per heavy atom. The molecule has 3 nitrogen and oxygen atoms in total. The van der Waals surface area contributed by atoms with Gasteiger partial charge in [0, 0.05) is 13.2 Å². The van der Waals surface area contributed by atoms with E-state index in [2.05, 4.69) is 11.9 Å². The minimum atomic E-state index is -0.126. The van der Waals surface area contributed by atoms with Crippen LogP contribution in [0.25, 0.3) is 0 Å². The maximum atomic E-state index is 10.8. The zero-order valence-electron chi connectivity index (χ0n) is 7.18. The number of amides is 1. The standard InChI is InChI=1S/C9H15NO2/c1-2-8(12)10-7-9(3-4-9)5-6-11/h2,11H,1,3-7H2,(H,10,12). The molecule has 12 heavy (non-hydrogen) atoms. The Hall–Kier alpha value is -0.830. The van der Waals surface area contributed by atoms with Crippen LogP contribution in [0.15, 0.2) is 12.7 Å². The van der Waals surface area contributed by atoms with Crippen molar-refractivity contribution in [3.8, 4) is 0 Å². The second-order valence-electron chi connectivity index (χ2n) is 3.40. The molecular formula is C9H15NO2. The predicted octanol–water partition coefficient (Wildman–Crippen LogP) is 0.451. The number of carbonyl (C=O) groups is 1. The first-order valence-electron chi connectivity index (χ1n) is 4.24. The molecule has 2 N–H and O–H groups in total. The van der Waals surface area contributed by atoms with Crippen molar-refractivity contribution in [2.75, 3.05) is 13.2 Å². The molecule has 1 aliphatic carbocycles. The highest BCUT2D eigenvalue weighted by Crippen LogP contribution is 2.47. The summed E-state index contributed by atoms with van der Waals surface area (Å²) in [5.41, 5.74) is 0.202. The summed E-state index contributed by atoms with van der Waals surface area (Å²) < 4.78 is 0. The van der Waals surface area contributed by atoms with Gasteiger partial charge in [-0.15, -0.1) is 0 Å². The zero-order valence-corrected chi connectivity index (χ0v) is 7.18. The van der Waals surface area contributed by atoms with Crippen LogP contribution >= 0.6 is 0 Å². The van der Waals surface area contributed by atoms with E-state index < -0.39 is 0 Å². The van der Waals surface area contributed by atoms with E-state index in [1.165, 1.54) is 6.08 Å². The highest BCUT2D eigenvalue weighted by molar-refractivity contribution is 5.86.